The van der Waals surface area contributed by atoms with Gasteiger partial charge in [-0.1, -0.05) is 50.0 Å². The van der Waals surface area contributed by atoms with Gasteiger partial charge in [-0.3, -0.25) is 9.59 Å². The summed E-state index contributed by atoms with van der Waals surface area (Å²) < 4.78 is 9.40. The van der Waals surface area contributed by atoms with Crippen molar-refractivity contribution in [3.8, 4) is 23.1 Å². The fraction of sp³-hybridized carbons (Fsp3) is 0.385. The summed E-state index contributed by atoms with van der Waals surface area (Å²) in [5.41, 5.74) is 5.88. The molecule has 276 valence electrons. The number of H-pyrrole nitrogens is 2. The van der Waals surface area contributed by atoms with Crippen LogP contribution in [0.25, 0.3) is 22.3 Å². The van der Waals surface area contributed by atoms with Crippen molar-refractivity contribution < 1.29 is 28.7 Å². The van der Waals surface area contributed by atoms with E-state index in [0.717, 1.165) is 51.8 Å². The van der Waals surface area contributed by atoms with Gasteiger partial charge in [0.1, 0.15) is 23.7 Å². The van der Waals surface area contributed by atoms with E-state index in [1.165, 1.54) is 14.2 Å². The third kappa shape index (κ3) is 8.04. The predicted octanol–water partition coefficient (Wildman–Crippen LogP) is 5.12. The first kappa shape index (κ1) is 36.7. The molecule has 6 rings (SSSR count). The van der Waals surface area contributed by atoms with Crippen LogP contribution in [-0.2, 0) is 19.1 Å². The Labute approximate surface area is 307 Å². The van der Waals surface area contributed by atoms with E-state index in [9.17, 15) is 19.2 Å². The molecule has 4 amide bonds. The number of carbonyl (C=O) groups excluding carboxylic acids is 4. The Hall–Kier alpha value is -6.10. The third-order valence-corrected chi connectivity index (χ3v) is 9.71. The van der Waals surface area contributed by atoms with Gasteiger partial charge in [0.15, 0.2) is 0 Å². The summed E-state index contributed by atoms with van der Waals surface area (Å²) in [6.07, 6.45) is 3.52. The van der Waals surface area contributed by atoms with Crippen LogP contribution in [0.3, 0.4) is 0 Å². The highest BCUT2D eigenvalue weighted by Gasteiger charge is 2.38. The molecule has 4 heterocycles. The number of hydrogen-bond acceptors (Lipinski definition) is 8. The Morgan fingerprint density at radius 3 is 2.19 bits per heavy atom. The number of aromatic amines is 2. The molecule has 2 aromatic carbocycles. The van der Waals surface area contributed by atoms with Crippen LogP contribution in [-0.4, -0.2) is 93.1 Å². The minimum absolute atomic E-state index is 0.151. The van der Waals surface area contributed by atoms with Crippen molar-refractivity contribution >= 4 is 35.0 Å². The van der Waals surface area contributed by atoms with Gasteiger partial charge in [-0.15, -0.1) is 0 Å². The molecule has 4 atom stereocenters. The van der Waals surface area contributed by atoms with Gasteiger partial charge in [0.05, 0.1) is 49.2 Å². The average molecular weight is 721 g/mol. The fourth-order valence-corrected chi connectivity index (χ4v) is 6.86. The Kier molecular flexibility index (Phi) is 11.1. The molecule has 14 heteroatoms. The van der Waals surface area contributed by atoms with E-state index >= 15 is 0 Å². The van der Waals surface area contributed by atoms with Crippen LogP contribution in [0.15, 0.2) is 60.8 Å². The monoisotopic (exact) mass is 720 g/mol. The van der Waals surface area contributed by atoms with Crippen LogP contribution in [0.2, 0.25) is 0 Å². The fourth-order valence-electron chi connectivity index (χ4n) is 6.86. The highest BCUT2D eigenvalue weighted by atomic mass is 16.5. The van der Waals surface area contributed by atoms with E-state index in [1.54, 1.807) is 16.0 Å². The number of alkyl carbamates (subject to hydrolysis) is 2. The molecule has 2 fully saturated rings. The van der Waals surface area contributed by atoms with Gasteiger partial charge in [-0.2, -0.15) is 0 Å². The second-order valence-corrected chi connectivity index (χ2v) is 13.2. The van der Waals surface area contributed by atoms with Gasteiger partial charge in [0.25, 0.3) is 0 Å². The Bertz CT molecular complexity index is 2080. The number of hydrogen-bond donors (Lipinski definition) is 4. The topological polar surface area (TPSA) is 175 Å². The average Bonchev–Trinajstić information content (AvgIpc) is 4.00. The molecule has 2 saturated heterocycles. The molecule has 0 spiro atoms. The summed E-state index contributed by atoms with van der Waals surface area (Å²) in [4.78, 5) is 70.0. The molecule has 0 aliphatic carbocycles. The van der Waals surface area contributed by atoms with Crippen LogP contribution in [0.1, 0.15) is 80.8 Å². The molecule has 14 nitrogen and oxygen atoms in total. The Morgan fingerprint density at radius 1 is 0.887 bits per heavy atom. The van der Waals surface area contributed by atoms with Crippen LogP contribution >= 0.6 is 0 Å². The van der Waals surface area contributed by atoms with Crippen LogP contribution in [0.5, 0.6) is 0 Å². The lowest BCUT2D eigenvalue weighted by Crippen LogP contribution is -2.48. The Morgan fingerprint density at radius 2 is 1.53 bits per heavy atom. The normalized spacial score (nSPS) is 17.9. The lowest BCUT2D eigenvalue weighted by Gasteiger charge is -2.27. The van der Waals surface area contributed by atoms with E-state index in [2.05, 4.69) is 44.0 Å². The number of rotatable bonds is 9. The van der Waals surface area contributed by atoms with Crippen molar-refractivity contribution in [3.63, 3.8) is 0 Å². The number of aromatic nitrogens is 4. The van der Waals surface area contributed by atoms with E-state index in [-0.39, 0.29) is 23.9 Å². The highest BCUT2D eigenvalue weighted by molar-refractivity contribution is 5.87. The van der Waals surface area contributed by atoms with Crippen molar-refractivity contribution in [1.29, 1.82) is 0 Å². The molecule has 0 bridgehead atoms. The van der Waals surface area contributed by atoms with Crippen molar-refractivity contribution in [2.75, 3.05) is 27.3 Å². The maximum atomic E-state index is 13.4. The first-order valence-electron chi connectivity index (χ1n) is 17.8. The summed E-state index contributed by atoms with van der Waals surface area (Å²) in [5.74, 6) is 7.47. The SMILES string of the molecule is C=C1C[C@H](c2ncc(-c3ccc(C#Cc4ccc5nc([C@@H]6CCCN6C(=O)[C@H](CC)NC(=O)OC)[nH]c5c4)cc3)[nH]2)N(C(=O)[C@@H](CC)NC(=O)OC)C1. The van der Waals surface area contributed by atoms with Gasteiger partial charge in [-0.25, -0.2) is 19.6 Å². The minimum Gasteiger partial charge on any atom is -0.453 e. The lowest BCUT2D eigenvalue weighted by molar-refractivity contribution is -0.135. The first-order chi connectivity index (χ1) is 25.6. The lowest BCUT2D eigenvalue weighted by atomic mass is 10.1. The molecule has 53 heavy (non-hydrogen) atoms. The number of ether oxygens (including phenoxy) is 2. The molecule has 2 aromatic heterocycles. The maximum Gasteiger partial charge on any atom is 0.407 e. The zero-order valence-electron chi connectivity index (χ0n) is 30.3. The molecular weight excluding hydrogens is 676 g/mol. The molecule has 0 unspecified atom stereocenters. The second-order valence-electron chi connectivity index (χ2n) is 13.2. The van der Waals surface area contributed by atoms with Crippen molar-refractivity contribution in [1.82, 2.24) is 40.4 Å². The number of methoxy groups -OCH3 is 2. The largest absolute Gasteiger partial charge is 0.453 e. The van der Waals surface area contributed by atoms with E-state index < -0.39 is 24.3 Å². The number of amides is 4. The molecular formula is C39H44N8O6. The molecule has 4 aromatic rings. The molecule has 0 radical (unpaired) electrons. The van der Waals surface area contributed by atoms with Crippen molar-refractivity contribution in [2.24, 2.45) is 0 Å². The number of imidazole rings is 2. The van der Waals surface area contributed by atoms with Crippen molar-refractivity contribution in [2.45, 2.75) is 70.1 Å². The summed E-state index contributed by atoms with van der Waals surface area (Å²) in [6.45, 7) is 8.76. The number of benzene rings is 2. The van der Waals surface area contributed by atoms with Gasteiger partial charge >= 0.3 is 12.2 Å². The number of carbonyl (C=O) groups is 4. The van der Waals surface area contributed by atoms with E-state index in [1.807, 2.05) is 56.3 Å². The van der Waals surface area contributed by atoms with E-state index in [4.69, 9.17) is 14.5 Å². The number of likely N-dealkylation sites (tertiary alicyclic amines) is 2. The minimum atomic E-state index is -0.712. The summed E-state index contributed by atoms with van der Waals surface area (Å²) >= 11 is 0. The van der Waals surface area contributed by atoms with Gasteiger partial charge in [-0.05, 0) is 68.0 Å². The predicted molar refractivity (Wildman–Crippen MR) is 197 cm³/mol. The summed E-state index contributed by atoms with van der Waals surface area (Å²) in [6, 6.07) is 11.7. The standard InChI is InChI=1S/C39H44N8O6/c1-6-27(44-38(50)52-4)36(48)46-18-8-9-32(46)35-41-29-17-14-25(20-30(29)42-35)11-10-24-12-15-26(16-13-24)31-21-40-34(43-31)33-19-23(3)22-47(33)37(49)28(7-2)45-39(51)53-5/h12-17,20-21,27-28,32-33H,3,6-9,18-19,22H2,1-2,4-5H3,(H,40,43)(H,41,42)(H,44,50)(H,45,51)/t27-,28+,32-,33+/m0/s1. The van der Waals surface area contributed by atoms with Gasteiger partial charge in [0.2, 0.25) is 11.8 Å². The number of nitrogens with one attached hydrogen (secondary N) is 4. The Balaban J connectivity index is 1.12. The van der Waals surface area contributed by atoms with Gasteiger partial charge < -0.3 is 39.9 Å². The quantitative estimate of drug-likeness (QED) is 0.136. The maximum absolute atomic E-state index is 13.4. The second kappa shape index (κ2) is 16.1. The zero-order valence-corrected chi connectivity index (χ0v) is 30.3. The summed E-state index contributed by atoms with van der Waals surface area (Å²) in [7, 11) is 2.55. The van der Waals surface area contributed by atoms with Crippen LogP contribution in [0.4, 0.5) is 9.59 Å². The smallest absolute Gasteiger partial charge is 0.407 e. The third-order valence-electron chi connectivity index (χ3n) is 9.71. The molecule has 2 aliphatic rings. The molecule has 2 aliphatic heterocycles. The van der Waals surface area contributed by atoms with Crippen LogP contribution < -0.4 is 10.6 Å². The zero-order chi connectivity index (χ0) is 37.6. The molecule has 4 N–H and O–H groups in total. The van der Waals surface area contributed by atoms with Crippen molar-refractivity contribution in [3.05, 3.63) is 83.6 Å². The number of nitrogens with zero attached hydrogens (tertiary/aromatic N) is 4. The van der Waals surface area contributed by atoms with Gasteiger partial charge in [0, 0.05) is 24.2 Å². The van der Waals surface area contributed by atoms with E-state index in [0.29, 0.717) is 44.0 Å². The van der Waals surface area contributed by atoms with Crippen LogP contribution in [0, 0.1) is 11.8 Å². The highest BCUT2D eigenvalue weighted by Crippen LogP contribution is 2.35. The summed E-state index contributed by atoms with van der Waals surface area (Å²) in [5, 5.41) is 5.25. The first-order valence-corrected chi connectivity index (χ1v) is 17.8. The number of fused-ring (bicyclic) bond motifs is 1. The molecule has 0 saturated carbocycles.